The Bertz CT molecular complexity index is 1150. The maximum absolute atomic E-state index is 13.5. The topological polar surface area (TPSA) is 72.9 Å². The number of thioether (sulfide) groups is 1. The second kappa shape index (κ2) is 10.3. The van der Waals surface area contributed by atoms with Gasteiger partial charge in [0.2, 0.25) is 0 Å². The van der Waals surface area contributed by atoms with E-state index in [-0.39, 0.29) is 11.6 Å². The number of benzene rings is 2. The number of esters is 2. The highest BCUT2D eigenvalue weighted by Gasteiger charge is 2.50. The maximum atomic E-state index is 13.5. The molecule has 35 heavy (non-hydrogen) atoms. The Kier molecular flexibility index (Phi) is 7.38. The normalized spacial score (nSPS) is 18.9. The lowest BCUT2D eigenvalue weighted by Crippen LogP contribution is -2.56. The number of nitrogens with zero attached hydrogens (tertiary/aromatic N) is 1. The van der Waals surface area contributed by atoms with Gasteiger partial charge >= 0.3 is 11.9 Å². The van der Waals surface area contributed by atoms with Crippen molar-refractivity contribution in [2.75, 3.05) is 11.6 Å². The number of fused-ring (bicyclic) bond motifs is 1. The third-order valence-electron chi connectivity index (χ3n) is 5.42. The molecule has 1 saturated heterocycles. The van der Waals surface area contributed by atoms with Gasteiger partial charge in [0.15, 0.2) is 6.10 Å². The summed E-state index contributed by atoms with van der Waals surface area (Å²) in [6, 6.07) is 18.8. The fourth-order valence-electron chi connectivity index (χ4n) is 3.91. The van der Waals surface area contributed by atoms with Gasteiger partial charge in [0.25, 0.3) is 5.91 Å². The molecule has 1 fully saturated rings. The molecule has 0 spiro atoms. The highest BCUT2D eigenvalue weighted by molar-refractivity contribution is 8.00. The molecule has 6 nitrogen and oxygen atoms in total. The van der Waals surface area contributed by atoms with Gasteiger partial charge in [0.1, 0.15) is 16.7 Å². The van der Waals surface area contributed by atoms with Gasteiger partial charge < -0.3 is 9.47 Å². The van der Waals surface area contributed by atoms with Gasteiger partial charge in [-0.05, 0) is 37.5 Å². The van der Waals surface area contributed by atoms with Gasteiger partial charge in [0.05, 0.1) is 5.57 Å². The van der Waals surface area contributed by atoms with E-state index >= 15 is 0 Å². The maximum Gasteiger partial charge on any atom is 0.356 e. The Morgan fingerprint density at radius 3 is 2.17 bits per heavy atom. The standard InChI is InChI=1S/C27H26ClNO5S/c1-27(2,3)34-21(30)14-20-24(31)29-22(19(15-28)16-35-25(20)29)26(32)33-23(17-10-6-4-7-11-17)18-12-8-5-9-13-18/h4-14,23,25H,15-16H2,1-3H3/b20-14-/t25-/m1/s1. The molecule has 1 atom stereocenters. The van der Waals surface area contributed by atoms with Gasteiger partial charge in [-0.25, -0.2) is 9.59 Å². The van der Waals surface area contributed by atoms with Crippen LogP contribution >= 0.6 is 23.4 Å². The minimum Gasteiger partial charge on any atom is -0.457 e. The van der Waals surface area contributed by atoms with Crippen molar-refractivity contribution in [2.45, 2.75) is 37.9 Å². The summed E-state index contributed by atoms with van der Waals surface area (Å²) in [7, 11) is 0. The van der Waals surface area contributed by atoms with Crippen LogP contribution in [0.25, 0.3) is 0 Å². The zero-order valence-corrected chi connectivity index (χ0v) is 21.3. The number of carbonyl (C=O) groups excluding carboxylic acids is 3. The predicted octanol–water partition coefficient (Wildman–Crippen LogP) is 5.00. The SMILES string of the molecule is CC(C)(C)OC(=O)/C=C1/C(=O)N2C(C(=O)OC(c3ccccc3)c3ccccc3)=C(CCl)CS[C@H]12. The molecule has 0 aliphatic carbocycles. The summed E-state index contributed by atoms with van der Waals surface area (Å²) >= 11 is 7.59. The molecule has 0 aromatic heterocycles. The molecule has 2 aliphatic heterocycles. The lowest BCUT2D eigenvalue weighted by molar-refractivity contribution is -0.150. The molecule has 2 aliphatic rings. The van der Waals surface area contributed by atoms with Crippen LogP contribution in [0.1, 0.15) is 38.0 Å². The first kappa shape index (κ1) is 25.1. The van der Waals surface area contributed by atoms with Crippen LogP contribution in [0.15, 0.2) is 83.6 Å². The lowest BCUT2D eigenvalue weighted by atomic mass is 10.0. The predicted molar refractivity (Wildman–Crippen MR) is 136 cm³/mol. The fraction of sp³-hybridized carbons (Fsp3) is 0.296. The Labute approximate surface area is 213 Å². The Morgan fingerprint density at radius 2 is 1.66 bits per heavy atom. The molecule has 2 aromatic rings. The first-order chi connectivity index (χ1) is 16.7. The molecule has 0 N–H and O–H groups in total. The van der Waals surface area contributed by atoms with E-state index in [2.05, 4.69) is 0 Å². The third-order valence-corrected chi connectivity index (χ3v) is 7.04. The van der Waals surface area contributed by atoms with Gasteiger partial charge in [-0.3, -0.25) is 9.69 Å². The first-order valence-electron chi connectivity index (χ1n) is 11.2. The Balaban J connectivity index is 1.61. The van der Waals surface area contributed by atoms with Gasteiger partial charge in [-0.1, -0.05) is 60.7 Å². The number of alkyl halides is 1. The average Bonchev–Trinajstić information content (AvgIpc) is 2.84. The smallest absolute Gasteiger partial charge is 0.356 e. The van der Waals surface area contributed by atoms with Crippen LogP contribution in [-0.2, 0) is 23.9 Å². The van der Waals surface area contributed by atoms with Crippen molar-refractivity contribution in [1.82, 2.24) is 4.90 Å². The van der Waals surface area contributed by atoms with Crippen molar-refractivity contribution >= 4 is 41.2 Å². The number of rotatable bonds is 6. The van der Waals surface area contributed by atoms with E-state index in [1.165, 1.54) is 22.7 Å². The summed E-state index contributed by atoms with van der Waals surface area (Å²) < 4.78 is 11.3. The average molecular weight is 512 g/mol. The van der Waals surface area contributed by atoms with E-state index in [0.717, 1.165) is 11.1 Å². The van der Waals surface area contributed by atoms with Crippen molar-refractivity contribution in [3.8, 4) is 0 Å². The summed E-state index contributed by atoms with van der Waals surface area (Å²) in [5, 5.41) is -0.476. The lowest BCUT2D eigenvalue weighted by Gasteiger charge is -2.46. The molecule has 2 aromatic carbocycles. The molecule has 1 amide bonds. The molecular formula is C27H26ClNO5S. The zero-order chi connectivity index (χ0) is 25.2. The molecule has 4 rings (SSSR count). The highest BCUT2D eigenvalue weighted by Crippen LogP contribution is 2.44. The van der Waals surface area contributed by atoms with Crippen LogP contribution in [0.5, 0.6) is 0 Å². The third kappa shape index (κ3) is 5.46. The molecule has 0 saturated carbocycles. The second-order valence-electron chi connectivity index (χ2n) is 9.16. The summed E-state index contributed by atoms with van der Waals surface area (Å²) in [4.78, 5) is 40.2. The molecular weight excluding hydrogens is 486 g/mol. The van der Waals surface area contributed by atoms with E-state index in [1.54, 1.807) is 20.8 Å². The summed E-state index contributed by atoms with van der Waals surface area (Å²) in [6.45, 7) is 5.27. The van der Waals surface area contributed by atoms with Crippen LogP contribution in [0, 0.1) is 0 Å². The number of carbonyl (C=O) groups is 3. The van der Waals surface area contributed by atoms with Crippen molar-refractivity contribution in [3.05, 3.63) is 94.7 Å². The second-order valence-corrected chi connectivity index (χ2v) is 10.5. The van der Waals surface area contributed by atoms with E-state index in [0.29, 0.717) is 16.9 Å². The number of halogens is 1. The quantitative estimate of drug-likeness (QED) is 0.235. The molecule has 0 unspecified atom stereocenters. The number of amides is 1. The van der Waals surface area contributed by atoms with E-state index in [4.69, 9.17) is 21.1 Å². The van der Waals surface area contributed by atoms with Gasteiger partial charge in [-0.2, -0.15) is 0 Å². The van der Waals surface area contributed by atoms with Gasteiger partial charge in [-0.15, -0.1) is 23.4 Å². The van der Waals surface area contributed by atoms with Crippen LogP contribution in [0.3, 0.4) is 0 Å². The molecule has 0 radical (unpaired) electrons. The Hall–Kier alpha value is -3.03. The van der Waals surface area contributed by atoms with E-state index in [9.17, 15) is 14.4 Å². The molecule has 2 heterocycles. The minimum atomic E-state index is -0.676. The first-order valence-corrected chi connectivity index (χ1v) is 12.8. The van der Waals surface area contributed by atoms with Crippen LogP contribution in [0.4, 0.5) is 0 Å². The largest absolute Gasteiger partial charge is 0.457 e. The summed E-state index contributed by atoms with van der Waals surface area (Å²) in [5.41, 5.74) is 2.00. The molecule has 0 bridgehead atoms. The number of hydrogen-bond acceptors (Lipinski definition) is 6. The van der Waals surface area contributed by atoms with Crippen LogP contribution in [-0.4, -0.2) is 45.4 Å². The van der Waals surface area contributed by atoms with Crippen LogP contribution < -0.4 is 0 Å². The number of hydrogen-bond donors (Lipinski definition) is 0. The Morgan fingerprint density at radius 1 is 1.09 bits per heavy atom. The van der Waals surface area contributed by atoms with Crippen molar-refractivity contribution in [3.63, 3.8) is 0 Å². The number of β-lactam (4-membered cyclic amide) rings is 1. The van der Waals surface area contributed by atoms with Crippen molar-refractivity contribution in [2.24, 2.45) is 0 Å². The van der Waals surface area contributed by atoms with Crippen molar-refractivity contribution < 1.29 is 23.9 Å². The fourth-order valence-corrected chi connectivity index (χ4v) is 5.54. The zero-order valence-electron chi connectivity index (χ0n) is 19.7. The van der Waals surface area contributed by atoms with Crippen molar-refractivity contribution in [1.29, 1.82) is 0 Å². The van der Waals surface area contributed by atoms with E-state index in [1.807, 2.05) is 60.7 Å². The summed E-state index contributed by atoms with van der Waals surface area (Å²) in [5.74, 6) is -1.13. The molecule has 182 valence electrons. The number of ether oxygens (including phenoxy) is 2. The van der Waals surface area contributed by atoms with Gasteiger partial charge in [0, 0.05) is 17.7 Å². The highest BCUT2D eigenvalue weighted by atomic mass is 35.5. The monoisotopic (exact) mass is 511 g/mol. The minimum absolute atomic E-state index is 0.0837. The van der Waals surface area contributed by atoms with E-state index < -0.39 is 34.9 Å². The van der Waals surface area contributed by atoms with Crippen LogP contribution in [0.2, 0.25) is 0 Å². The molecule has 8 heteroatoms. The summed E-state index contributed by atoms with van der Waals surface area (Å²) in [6.07, 6.45) is 0.558.